The monoisotopic (exact) mass is 555 g/mol. The van der Waals surface area contributed by atoms with Crippen molar-refractivity contribution in [3.05, 3.63) is 59.8 Å². The van der Waals surface area contributed by atoms with Crippen LogP contribution in [-0.4, -0.2) is 72.4 Å². The lowest BCUT2D eigenvalue weighted by atomic mass is 9.83. The predicted molar refractivity (Wildman–Crippen MR) is 166 cm³/mol. The van der Waals surface area contributed by atoms with Crippen molar-refractivity contribution in [3.8, 4) is 0 Å². The number of piperidine rings is 1. The summed E-state index contributed by atoms with van der Waals surface area (Å²) in [4.78, 5) is 38.6. The van der Waals surface area contributed by atoms with Gasteiger partial charge >= 0.3 is 0 Å². The number of anilines is 2. The molecule has 3 fully saturated rings. The van der Waals surface area contributed by atoms with Crippen LogP contribution in [0, 0.1) is 18.3 Å². The summed E-state index contributed by atoms with van der Waals surface area (Å²) in [6.45, 7) is 8.36. The summed E-state index contributed by atoms with van der Waals surface area (Å²) in [5.74, 6) is 0.677. The van der Waals surface area contributed by atoms with E-state index < -0.39 is 5.54 Å². The first-order chi connectivity index (χ1) is 19.5. The van der Waals surface area contributed by atoms with Crippen molar-refractivity contribution in [3.63, 3.8) is 0 Å². The standard InChI is InChI=1S/C34H45N5O2/c1-22-30(26-9-7-8-10-28(26)35-22)31-27(33(31,2)3)21-29(40)39(25-15-16-25)34(17-19-38(6)20-18-34)32(41)36-23-11-13-24(14-12-23)37(4)5/h7-14,25,27,31,35H,15-21H2,1-6H3,(H,36,41). The topological polar surface area (TPSA) is 71.7 Å². The third-order valence-electron chi connectivity index (χ3n) is 10.2. The quantitative estimate of drug-likeness (QED) is 0.370. The minimum atomic E-state index is -0.823. The number of aromatic amines is 1. The molecule has 2 saturated carbocycles. The van der Waals surface area contributed by atoms with Crippen LogP contribution in [0.1, 0.15) is 63.1 Å². The van der Waals surface area contributed by atoms with Gasteiger partial charge in [0, 0.05) is 67.6 Å². The lowest BCUT2D eigenvalue weighted by molar-refractivity contribution is -0.150. The molecule has 218 valence electrons. The highest BCUT2D eigenvalue weighted by atomic mass is 16.2. The molecule has 2 N–H and O–H groups in total. The number of H-pyrrole nitrogens is 1. The summed E-state index contributed by atoms with van der Waals surface area (Å²) in [6.07, 6.45) is 3.76. The van der Waals surface area contributed by atoms with Gasteiger partial charge in [-0.2, -0.15) is 0 Å². The average molecular weight is 556 g/mol. The smallest absolute Gasteiger partial charge is 0.250 e. The first-order valence-corrected chi connectivity index (χ1v) is 15.2. The first-order valence-electron chi connectivity index (χ1n) is 15.2. The Hall–Kier alpha value is -3.32. The number of aryl methyl sites for hydroxylation is 1. The van der Waals surface area contributed by atoms with Gasteiger partial charge in [-0.15, -0.1) is 0 Å². The zero-order valence-electron chi connectivity index (χ0n) is 25.5. The van der Waals surface area contributed by atoms with Crippen LogP contribution < -0.4 is 10.2 Å². The summed E-state index contributed by atoms with van der Waals surface area (Å²) in [6, 6.07) is 16.6. The second-order valence-corrected chi connectivity index (χ2v) is 13.5. The van der Waals surface area contributed by atoms with Crippen LogP contribution in [0.2, 0.25) is 0 Å². The molecular weight excluding hydrogens is 510 g/mol. The Morgan fingerprint density at radius 2 is 1.68 bits per heavy atom. The number of nitrogens with zero attached hydrogens (tertiary/aromatic N) is 3. The third-order valence-corrected chi connectivity index (χ3v) is 10.2. The molecule has 2 amide bonds. The van der Waals surface area contributed by atoms with Gasteiger partial charge < -0.3 is 25.0 Å². The fraction of sp³-hybridized carbons (Fsp3) is 0.529. The summed E-state index contributed by atoms with van der Waals surface area (Å²) >= 11 is 0. The van der Waals surface area contributed by atoms with Gasteiger partial charge in [0.05, 0.1) is 0 Å². The van der Waals surface area contributed by atoms with Crippen LogP contribution in [0.4, 0.5) is 11.4 Å². The Balaban J connectivity index is 1.27. The average Bonchev–Trinajstić information content (AvgIpc) is 3.82. The minimum absolute atomic E-state index is 0.0248. The maximum atomic E-state index is 14.4. The normalized spacial score (nSPS) is 23.3. The molecule has 0 bridgehead atoms. The van der Waals surface area contributed by atoms with Crippen LogP contribution >= 0.6 is 0 Å². The molecule has 6 rings (SSSR count). The van der Waals surface area contributed by atoms with E-state index in [4.69, 9.17) is 0 Å². The molecule has 2 aromatic carbocycles. The predicted octanol–water partition coefficient (Wildman–Crippen LogP) is 5.77. The molecule has 7 nitrogen and oxygen atoms in total. The number of aromatic nitrogens is 1. The van der Waals surface area contributed by atoms with Crippen molar-refractivity contribution in [1.82, 2.24) is 14.8 Å². The molecule has 1 aliphatic heterocycles. The molecule has 7 heteroatoms. The van der Waals surface area contributed by atoms with E-state index in [1.54, 1.807) is 0 Å². The van der Waals surface area contributed by atoms with Crippen LogP contribution in [-0.2, 0) is 9.59 Å². The number of likely N-dealkylation sites (tertiary alicyclic amines) is 1. The van der Waals surface area contributed by atoms with Crippen molar-refractivity contribution in [2.24, 2.45) is 11.3 Å². The fourth-order valence-electron chi connectivity index (χ4n) is 7.46. The Labute approximate surface area is 244 Å². The second kappa shape index (κ2) is 10.2. The number of hydrogen-bond donors (Lipinski definition) is 2. The number of rotatable bonds is 8. The Kier molecular flexibility index (Phi) is 6.92. The van der Waals surface area contributed by atoms with Gasteiger partial charge in [-0.1, -0.05) is 32.0 Å². The van der Waals surface area contributed by atoms with E-state index in [0.29, 0.717) is 25.2 Å². The van der Waals surface area contributed by atoms with Crippen LogP contribution in [0.25, 0.3) is 10.9 Å². The van der Waals surface area contributed by atoms with Gasteiger partial charge in [0.15, 0.2) is 0 Å². The number of carbonyl (C=O) groups is 2. The Morgan fingerprint density at radius 3 is 2.32 bits per heavy atom. The van der Waals surface area contributed by atoms with Gasteiger partial charge in [0.25, 0.3) is 0 Å². The van der Waals surface area contributed by atoms with E-state index in [1.165, 1.54) is 16.6 Å². The molecular formula is C34H45N5O2. The van der Waals surface area contributed by atoms with Crippen molar-refractivity contribution in [2.75, 3.05) is 44.4 Å². The van der Waals surface area contributed by atoms with Gasteiger partial charge in [-0.3, -0.25) is 9.59 Å². The van der Waals surface area contributed by atoms with Crippen molar-refractivity contribution in [1.29, 1.82) is 0 Å². The number of para-hydroxylation sites is 1. The molecule has 2 unspecified atom stereocenters. The van der Waals surface area contributed by atoms with Gasteiger partial charge in [0.2, 0.25) is 11.8 Å². The lowest BCUT2D eigenvalue weighted by Gasteiger charge is -2.47. The second-order valence-electron chi connectivity index (χ2n) is 13.5. The van der Waals surface area contributed by atoms with E-state index in [-0.39, 0.29) is 29.2 Å². The molecule has 3 aromatic rings. The van der Waals surface area contributed by atoms with Crippen LogP contribution in [0.3, 0.4) is 0 Å². The van der Waals surface area contributed by atoms with E-state index in [9.17, 15) is 9.59 Å². The highest BCUT2D eigenvalue weighted by molar-refractivity contribution is 6.01. The number of hydrogen-bond acceptors (Lipinski definition) is 4. The van der Waals surface area contributed by atoms with Crippen molar-refractivity contribution in [2.45, 2.75) is 70.4 Å². The fourth-order valence-corrected chi connectivity index (χ4v) is 7.46. The number of carbonyl (C=O) groups excluding carboxylic acids is 2. The summed E-state index contributed by atoms with van der Waals surface area (Å²) in [5, 5.41) is 4.49. The van der Waals surface area contributed by atoms with Crippen molar-refractivity contribution < 1.29 is 9.59 Å². The molecule has 0 radical (unpaired) electrons. The lowest BCUT2D eigenvalue weighted by Crippen LogP contribution is -2.64. The Morgan fingerprint density at radius 1 is 1.02 bits per heavy atom. The molecule has 41 heavy (non-hydrogen) atoms. The van der Waals surface area contributed by atoms with E-state index in [1.807, 2.05) is 43.3 Å². The molecule has 2 atom stereocenters. The third kappa shape index (κ3) is 4.92. The largest absolute Gasteiger partial charge is 0.378 e. The maximum absolute atomic E-state index is 14.4. The van der Waals surface area contributed by atoms with E-state index in [0.717, 1.165) is 42.8 Å². The van der Waals surface area contributed by atoms with Gasteiger partial charge in [-0.05, 0) is 92.8 Å². The van der Waals surface area contributed by atoms with Crippen LogP contribution in [0.5, 0.6) is 0 Å². The molecule has 3 aliphatic rings. The molecule has 2 heterocycles. The SMILES string of the molecule is Cc1[nH]c2ccccc2c1C1C(CC(=O)N(C2CC2)C2(C(=O)Nc3ccc(N(C)C)cc3)CCN(C)CC2)C1(C)C. The van der Waals surface area contributed by atoms with Gasteiger partial charge in [0.1, 0.15) is 5.54 Å². The summed E-state index contributed by atoms with van der Waals surface area (Å²) in [5.41, 5.74) is 4.78. The molecule has 0 spiro atoms. The number of benzene rings is 2. The maximum Gasteiger partial charge on any atom is 0.250 e. The number of fused-ring (bicyclic) bond motifs is 1. The summed E-state index contributed by atoms with van der Waals surface area (Å²) in [7, 11) is 6.11. The zero-order valence-corrected chi connectivity index (χ0v) is 25.5. The van der Waals surface area contributed by atoms with Crippen LogP contribution in [0.15, 0.2) is 48.5 Å². The molecule has 2 aliphatic carbocycles. The number of amides is 2. The van der Waals surface area contributed by atoms with Crippen molar-refractivity contribution >= 4 is 34.1 Å². The van der Waals surface area contributed by atoms with E-state index >= 15 is 0 Å². The van der Waals surface area contributed by atoms with Gasteiger partial charge in [-0.25, -0.2) is 0 Å². The zero-order chi connectivity index (χ0) is 29.1. The first kappa shape index (κ1) is 27.8. The Bertz CT molecular complexity index is 1440. The highest BCUT2D eigenvalue weighted by Crippen LogP contribution is 2.67. The molecule has 1 saturated heterocycles. The molecule has 1 aromatic heterocycles. The number of nitrogens with one attached hydrogen (secondary N) is 2. The summed E-state index contributed by atoms with van der Waals surface area (Å²) < 4.78 is 0. The minimum Gasteiger partial charge on any atom is -0.378 e. The highest BCUT2D eigenvalue weighted by Gasteiger charge is 2.61. The van der Waals surface area contributed by atoms with E-state index in [2.05, 4.69) is 72.2 Å².